The summed E-state index contributed by atoms with van der Waals surface area (Å²) < 4.78 is 5.96. The number of carboxylic acids is 1. The van der Waals surface area contributed by atoms with Gasteiger partial charge in [0, 0.05) is 23.7 Å². The van der Waals surface area contributed by atoms with Crippen molar-refractivity contribution in [1.82, 2.24) is 4.90 Å². The fourth-order valence-electron chi connectivity index (χ4n) is 3.51. The molecule has 1 fully saturated rings. The first-order chi connectivity index (χ1) is 14.0. The van der Waals surface area contributed by atoms with Gasteiger partial charge < -0.3 is 20.6 Å². The molecule has 154 valence electrons. The molecule has 6 nitrogen and oxygen atoms in total. The number of nitrogens with one attached hydrogen (secondary N) is 2. The number of carboxylic acid groups (broad SMARTS) is 1. The van der Waals surface area contributed by atoms with Gasteiger partial charge in [-0.3, -0.25) is 9.69 Å². The molecule has 0 amide bonds. The molecule has 29 heavy (non-hydrogen) atoms. The fraction of sp³-hybridized carbons (Fsp3) is 0.364. The second-order valence-electron chi connectivity index (χ2n) is 7.15. The highest BCUT2D eigenvalue weighted by Gasteiger charge is 2.24. The second kappa shape index (κ2) is 10.3. The Balaban J connectivity index is 1.50. The summed E-state index contributed by atoms with van der Waals surface area (Å²) in [4.78, 5) is 13.0. The van der Waals surface area contributed by atoms with E-state index in [9.17, 15) is 4.79 Å². The molecule has 0 bridgehead atoms. The number of halogens is 1. The topological polar surface area (TPSA) is 85.7 Å². The van der Waals surface area contributed by atoms with Crippen LogP contribution in [-0.4, -0.2) is 47.4 Å². The van der Waals surface area contributed by atoms with Gasteiger partial charge in [-0.15, -0.1) is 0 Å². The van der Waals surface area contributed by atoms with E-state index in [1.54, 1.807) is 18.2 Å². The number of nitrogens with zero attached hydrogens (tertiary/aromatic N) is 1. The van der Waals surface area contributed by atoms with Crippen LogP contribution < -0.4 is 10.1 Å². The first-order valence-corrected chi connectivity index (χ1v) is 10.2. The Hall–Kier alpha value is -2.57. The Morgan fingerprint density at radius 2 is 2.03 bits per heavy atom. The van der Waals surface area contributed by atoms with Crippen LogP contribution in [0.25, 0.3) is 0 Å². The van der Waals surface area contributed by atoms with Crippen LogP contribution in [0, 0.1) is 5.41 Å². The molecule has 1 atom stereocenters. The Morgan fingerprint density at radius 1 is 1.28 bits per heavy atom. The molecule has 1 saturated heterocycles. The molecule has 1 aromatic carbocycles. The predicted octanol–water partition coefficient (Wildman–Crippen LogP) is 4.40. The molecular weight excluding hydrogens is 390 g/mol. The number of anilines is 1. The van der Waals surface area contributed by atoms with Crippen LogP contribution in [0.3, 0.4) is 0 Å². The number of hydrogen-bond acceptors (Lipinski definition) is 5. The minimum atomic E-state index is -0.741. The maximum absolute atomic E-state index is 10.7. The van der Waals surface area contributed by atoms with Gasteiger partial charge in [0.05, 0.1) is 5.71 Å². The van der Waals surface area contributed by atoms with Crippen molar-refractivity contribution in [2.75, 3.05) is 25.0 Å². The van der Waals surface area contributed by atoms with Crippen molar-refractivity contribution < 1.29 is 14.6 Å². The monoisotopic (exact) mass is 415 g/mol. The molecule has 0 spiro atoms. The largest absolute Gasteiger partial charge is 0.492 e. The molecule has 0 radical (unpaired) electrons. The highest BCUT2D eigenvalue weighted by molar-refractivity contribution is 6.34. The first kappa shape index (κ1) is 21.1. The Kier molecular flexibility index (Phi) is 7.49. The van der Waals surface area contributed by atoms with E-state index in [1.807, 2.05) is 30.3 Å². The minimum Gasteiger partial charge on any atom is -0.492 e. The molecule has 1 aromatic rings. The van der Waals surface area contributed by atoms with Gasteiger partial charge in [0.2, 0.25) is 0 Å². The van der Waals surface area contributed by atoms with Crippen LogP contribution in [0.15, 0.2) is 59.3 Å². The fourth-order valence-corrected chi connectivity index (χ4v) is 3.78. The van der Waals surface area contributed by atoms with Gasteiger partial charge in [0.1, 0.15) is 17.5 Å². The molecule has 0 unspecified atom stereocenters. The Bertz CT molecular complexity index is 830. The number of aliphatic carboxylic acids is 1. The average Bonchev–Trinajstić information content (AvgIpc) is 3.15. The molecule has 1 aliphatic carbocycles. The summed E-state index contributed by atoms with van der Waals surface area (Å²) in [6.07, 6.45) is 10.2. The summed E-state index contributed by atoms with van der Waals surface area (Å²) >= 11 is 6.32. The van der Waals surface area contributed by atoms with Gasteiger partial charge in [-0.1, -0.05) is 23.8 Å². The highest BCUT2D eigenvalue weighted by atomic mass is 35.5. The van der Waals surface area contributed by atoms with E-state index in [4.69, 9.17) is 26.9 Å². The summed E-state index contributed by atoms with van der Waals surface area (Å²) in [7, 11) is 0. The number of hydrogen-bond donors (Lipinski definition) is 3. The summed E-state index contributed by atoms with van der Waals surface area (Å²) in [6.45, 7) is 2.40. The van der Waals surface area contributed by atoms with Gasteiger partial charge >= 0.3 is 5.97 Å². The lowest BCUT2D eigenvalue weighted by Crippen LogP contribution is -2.35. The van der Waals surface area contributed by atoms with Gasteiger partial charge in [-0.05, 0) is 68.8 Å². The summed E-state index contributed by atoms with van der Waals surface area (Å²) in [6, 6.07) is 7.90. The maximum atomic E-state index is 10.7. The molecule has 1 aliphatic heterocycles. The van der Waals surface area contributed by atoms with Crippen molar-refractivity contribution in [2.24, 2.45) is 0 Å². The molecular formula is C22H26ClN3O3. The van der Waals surface area contributed by atoms with E-state index in [0.717, 1.165) is 37.4 Å². The third-order valence-electron chi connectivity index (χ3n) is 5.05. The van der Waals surface area contributed by atoms with Crippen molar-refractivity contribution in [1.29, 1.82) is 5.41 Å². The van der Waals surface area contributed by atoms with E-state index in [1.165, 1.54) is 0 Å². The zero-order chi connectivity index (χ0) is 20.6. The maximum Gasteiger partial charge on any atom is 0.303 e. The lowest BCUT2D eigenvalue weighted by molar-refractivity contribution is -0.137. The zero-order valence-corrected chi connectivity index (χ0v) is 17.0. The predicted molar refractivity (Wildman–Crippen MR) is 116 cm³/mol. The van der Waals surface area contributed by atoms with Crippen molar-refractivity contribution in [3.05, 3.63) is 59.3 Å². The number of rotatable bonds is 9. The zero-order valence-electron chi connectivity index (χ0n) is 16.2. The van der Waals surface area contributed by atoms with Gasteiger partial charge in [-0.25, -0.2) is 0 Å². The summed E-state index contributed by atoms with van der Waals surface area (Å²) in [5.74, 6) is 0.0409. The van der Waals surface area contributed by atoms with Crippen LogP contribution in [0.1, 0.15) is 25.7 Å². The standard InChI is InChI=1S/C22H26ClN3O3/c23-22(19-6-1-2-7-20(19)24)25-16-9-11-18(12-10-16)29-15-17-5-3-13-26(17)14-4-8-21(27)28/h1-2,6-7,9-12,17,24-25H,3-5,8,13-15H2,(H,27,28)/b22-19-,24-20?/t17-/m1/s1. The van der Waals surface area contributed by atoms with Gasteiger partial charge in [0.15, 0.2) is 0 Å². The van der Waals surface area contributed by atoms with E-state index >= 15 is 0 Å². The lowest BCUT2D eigenvalue weighted by Gasteiger charge is -2.24. The highest BCUT2D eigenvalue weighted by Crippen LogP contribution is 2.23. The average molecular weight is 416 g/mol. The number of carbonyl (C=O) groups is 1. The molecule has 3 rings (SSSR count). The van der Waals surface area contributed by atoms with Crippen molar-refractivity contribution in [2.45, 2.75) is 31.7 Å². The van der Waals surface area contributed by atoms with Crippen molar-refractivity contribution in [3.8, 4) is 5.75 Å². The SMILES string of the molecule is N=C1C=CC=C/C1=C(\Cl)Nc1ccc(OC[C@H]2CCCN2CCCC(=O)O)cc1. The van der Waals surface area contributed by atoms with Crippen LogP contribution in [0.5, 0.6) is 5.75 Å². The van der Waals surface area contributed by atoms with Gasteiger partial charge in [-0.2, -0.15) is 0 Å². The molecule has 3 N–H and O–H groups in total. The summed E-state index contributed by atoms with van der Waals surface area (Å²) in [5.41, 5.74) is 1.84. The number of ether oxygens (including phenoxy) is 1. The summed E-state index contributed by atoms with van der Waals surface area (Å²) in [5, 5.41) is 20.2. The second-order valence-corrected chi connectivity index (χ2v) is 7.53. The minimum absolute atomic E-state index is 0.211. The van der Waals surface area contributed by atoms with E-state index in [-0.39, 0.29) is 6.42 Å². The third kappa shape index (κ3) is 6.21. The number of allylic oxidation sites excluding steroid dienone is 5. The third-order valence-corrected chi connectivity index (χ3v) is 5.35. The lowest BCUT2D eigenvalue weighted by atomic mass is 10.1. The van der Waals surface area contributed by atoms with Gasteiger partial charge in [0.25, 0.3) is 0 Å². The molecule has 2 aliphatic rings. The van der Waals surface area contributed by atoms with Crippen molar-refractivity contribution in [3.63, 3.8) is 0 Å². The Labute approximate surface area is 176 Å². The van der Waals surface area contributed by atoms with Crippen LogP contribution >= 0.6 is 11.6 Å². The molecule has 0 saturated carbocycles. The van der Waals surface area contributed by atoms with E-state index in [2.05, 4.69) is 10.2 Å². The quantitative estimate of drug-likeness (QED) is 0.520. The van der Waals surface area contributed by atoms with Crippen LogP contribution in [-0.2, 0) is 4.79 Å². The first-order valence-electron chi connectivity index (χ1n) is 9.82. The molecule has 7 heteroatoms. The Morgan fingerprint density at radius 3 is 2.76 bits per heavy atom. The molecule has 1 heterocycles. The van der Waals surface area contributed by atoms with Crippen LogP contribution in [0.4, 0.5) is 5.69 Å². The number of likely N-dealkylation sites (tertiary alicyclic amines) is 1. The van der Waals surface area contributed by atoms with E-state index < -0.39 is 5.97 Å². The molecule has 0 aromatic heterocycles. The van der Waals surface area contributed by atoms with E-state index in [0.29, 0.717) is 35.5 Å². The van der Waals surface area contributed by atoms with Crippen LogP contribution in [0.2, 0.25) is 0 Å². The normalized spacial score (nSPS) is 20.7. The smallest absolute Gasteiger partial charge is 0.303 e. The van der Waals surface area contributed by atoms with Crippen molar-refractivity contribution >= 4 is 29.0 Å². The number of benzene rings is 1.